The molecule has 24 heavy (non-hydrogen) atoms. The number of benzene rings is 1. The molecule has 3 aromatic rings. The summed E-state index contributed by atoms with van der Waals surface area (Å²) in [6, 6.07) is 7.20. The van der Waals surface area contributed by atoms with Gasteiger partial charge in [0.25, 0.3) is 5.91 Å². The van der Waals surface area contributed by atoms with Crippen molar-refractivity contribution < 1.29 is 4.79 Å². The van der Waals surface area contributed by atoms with E-state index in [1.165, 1.54) is 0 Å². The zero-order chi connectivity index (χ0) is 17.3. The van der Waals surface area contributed by atoms with E-state index in [2.05, 4.69) is 25.9 Å². The molecule has 8 heteroatoms. The van der Waals surface area contributed by atoms with Crippen LogP contribution in [0.4, 0.5) is 0 Å². The number of aryl methyl sites for hydroxylation is 3. The lowest BCUT2D eigenvalue weighted by atomic mass is 10.1. The number of hydrogen-bond acceptors (Lipinski definition) is 5. The topological polar surface area (TPSA) is 90.5 Å². The van der Waals surface area contributed by atoms with Crippen LogP contribution in [0.15, 0.2) is 24.3 Å². The molecule has 1 amide bonds. The van der Waals surface area contributed by atoms with Gasteiger partial charge in [-0.05, 0) is 49.4 Å². The average Bonchev–Trinajstić information content (AvgIpc) is 3.09. The van der Waals surface area contributed by atoms with Crippen LogP contribution in [-0.4, -0.2) is 35.9 Å². The highest BCUT2D eigenvalue weighted by Crippen LogP contribution is 2.13. The Morgan fingerprint density at radius 1 is 1.25 bits per heavy atom. The highest BCUT2D eigenvalue weighted by Gasteiger charge is 2.13. The molecule has 0 aliphatic heterocycles. The number of hydrogen-bond donors (Lipinski definition) is 1. The predicted octanol–water partition coefficient (Wildman–Crippen LogP) is 1.25. The SMILES string of the molecule is Cc1nn(C)c(C)c1CNC(=O)c1cccc(-n2nnnc2C)c1. The van der Waals surface area contributed by atoms with Crippen LogP contribution in [0, 0.1) is 20.8 Å². The fourth-order valence-corrected chi connectivity index (χ4v) is 2.59. The molecule has 2 heterocycles. The molecule has 0 radical (unpaired) electrons. The van der Waals surface area contributed by atoms with Crippen molar-refractivity contribution in [2.75, 3.05) is 0 Å². The first kappa shape index (κ1) is 15.9. The molecule has 0 aliphatic carbocycles. The summed E-state index contributed by atoms with van der Waals surface area (Å²) < 4.78 is 3.41. The van der Waals surface area contributed by atoms with Crippen molar-refractivity contribution in [1.29, 1.82) is 0 Å². The van der Waals surface area contributed by atoms with E-state index >= 15 is 0 Å². The molecule has 0 saturated carbocycles. The van der Waals surface area contributed by atoms with Gasteiger partial charge in [0.05, 0.1) is 11.4 Å². The van der Waals surface area contributed by atoms with Crippen molar-refractivity contribution in [3.63, 3.8) is 0 Å². The molecule has 0 bridgehead atoms. The maximum Gasteiger partial charge on any atom is 0.251 e. The summed E-state index contributed by atoms with van der Waals surface area (Å²) in [6.07, 6.45) is 0. The number of carbonyl (C=O) groups is 1. The molecule has 0 unspecified atom stereocenters. The standard InChI is InChI=1S/C16H19N7O/c1-10-15(11(2)22(4)19-10)9-17-16(24)13-6-5-7-14(8-13)23-12(3)18-20-21-23/h5-8H,9H2,1-4H3,(H,17,24). The van der Waals surface area contributed by atoms with Gasteiger partial charge in [0.1, 0.15) is 0 Å². The summed E-state index contributed by atoms with van der Waals surface area (Å²) >= 11 is 0. The van der Waals surface area contributed by atoms with E-state index in [9.17, 15) is 4.79 Å². The molecule has 1 aromatic carbocycles. The second-order valence-electron chi connectivity index (χ2n) is 5.64. The Hall–Kier alpha value is -3.03. The quantitative estimate of drug-likeness (QED) is 0.779. The number of nitrogens with zero attached hydrogens (tertiary/aromatic N) is 6. The second-order valence-corrected chi connectivity index (χ2v) is 5.64. The lowest BCUT2D eigenvalue weighted by Gasteiger charge is -2.08. The van der Waals surface area contributed by atoms with Crippen LogP contribution in [0.2, 0.25) is 0 Å². The van der Waals surface area contributed by atoms with E-state index in [-0.39, 0.29) is 5.91 Å². The highest BCUT2D eigenvalue weighted by atomic mass is 16.1. The van der Waals surface area contributed by atoms with Gasteiger partial charge in [-0.25, -0.2) is 0 Å². The van der Waals surface area contributed by atoms with E-state index in [4.69, 9.17) is 0 Å². The van der Waals surface area contributed by atoms with Gasteiger partial charge in [-0.3, -0.25) is 9.48 Å². The number of nitrogens with one attached hydrogen (secondary N) is 1. The van der Waals surface area contributed by atoms with Gasteiger partial charge in [0, 0.05) is 30.4 Å². The van der Waals surface area contributed by atoms with Gasteiger partial charge in [-0.2, -0.15) is 9.78 Å². The molecule has 0 atom stereocenters. The first-order valence-electron chi connectivity index (χ1n) is 7.60. The van der Waals surface area contributed by atoms with E-state index in [1.54, 1.807) is 23.7 Å². The van der Waals surface area contributed by atoms with Crippen LogP contribution >= 0.6 is 0 Å². The van der Waals surface area contributed by atoms with Crippen molar-refractivity contribution in [2.45, 2.75) is 27.3 Å². The normalized spacial score (nSPS) is 10.8. The minimum Gasteiger partial charge on any atom is -0.348 e. The molecule has 3 rings (SSSR count). The fraction of sp³-hybridized carbons (Fsp3) is 0.312. The van der Waals surface area contributed by atoms with Gasteiger partial charge < -0.3 is 5.32 Å². The van der Waals surface area contributed by atoms with Crippen molar-refractivity contribution in [2.24, 2.45) is 7.05 Å². The van der Waals surface area contributed by atoms with E-state index in [0.29, 0.717) is 17.9 Å². The first-order chi connectivity index (χ1) is 11.5. The second kappa shape index (κ2) is 6.23. The fourth-order valence-electron chi connectivity index (χ4n) is 2.59. The number of aromatic nitrogens is 6. The summed E-state index contributed by atoms with van der Waals surface area (Å²) in [7, 11) is 1.89. The monoisotopic (exact) mass is 325 g/mol. The Morgan fingerprint density at radius 2 is 2.04 bits per heavy atom. The molecular weight excluding hydrogens is 306 g/mol. The van der Waals surface area contributed by atoms with Crippen LogP contribution in [0.5, 0.6) is 0 Å². The van der Waals surface area contributed by atoms with Gasteiger partial charge in [-0.15, -0.1) is 5.10 Å². The van der Waals surface area contributed by atoms with Crippen LogP contribution < -0.4 is 5.32 Å². The summed E-state index contributed by atoms with van der Waals surface area (Å²) in [6.45, 7) is 6.18. The Balaban J connectivity index is 1.77. The summed E-state index contributed by atoms with van der Waals surface area (Å²) in [5, 5.41) is 18.7. The van der Waals surface area contributed by atoms with Crippen molar-refractivity contribution in [3.05, 3.63) is 52.6 Å². The molecule has 124 valence electrons. The van der Waals surface area contributed by atoms with Gasteiger partial charge in [0.15, 0.2) is 5.82 Å². The Labute approximate surface area is 139 Å². The van der Waals surface area contributed by atoms with E-state index in [1.807, 2.05) is 37.7 Å². The van der Waals surface area contributed by atoms with Crippen LogP contribution in [0.1, 0.15) is 33.1 Å². The third kappa shape index (κ3) is 2.90. The minimum atomic E-state index is -0.148. The van der Waals surface area contributed by atoms with E-state index in [0.717, 1.165) is 22.6 Å². The maximum atomic E-state index is 12.5. The Kier molecular flexibility index (Phi) is 4.11. The molecular formula is C16H19N7O. The number of rotatable bonds is 4. The summed E-state index contributed by atoms with van der Waals surface area (Å²) in [5.41, 5.74) is 4.32. The molecule has 0 saturated heterocycles. The first-order valence-corrected chi connectivity index (χ1v) is 7.60. The molecule has 0 aliphatic rings. The van der Waals surface area contributed by atoms with Gasteiger partial charge in [-0.1, -0.05) is 6.07 Å². The summed E-state index contributed by atoms with van der Waals surface area (Å²) in [5.74, 6) is 0.513. The van der Waals surface area contributed by atoms with Crippen molar-refractivity contribution in [3.8, 4) is 5.69 Å². The Morgan fingerprint density at radius 3 is 2.67 bits per heavy atom. The Bertz CT molecular complexity index is 894. The molecule has 8 nitrogen and oxygen atoms in total. The average molecular weight is 325 g/mol. The number of carbonyl (C=O) groups excluding carboxylic acids is 1. The van der Waals surface area contributed by atoms with Crippen LogP contribution in [0.3, 0.4) is 0 Å². The summed E-state index contributed by atoms with van der Waals surface area (Å²) in [4.78, 5) is 12.5. The minimum absolute atomic E-state index is 0.148. The molecule has 2 aromatic heterocycles. The highest BCUT2D eigenvalue weighted by molar-refractivity contribution is 5.94. The zero-order valence-electron chi connectivity index (χ0n) is 14.1. The zero-order valence-corrected chi connectivity index (χ0v) is 14.1. The smallest absolute Gasteiger partial charge is 0.251 e. The third-order valence-corrected chi connectivity index (χ3v) is 4.06. The van der Waals surface area contributed by atoms with Gasteiger partial charge >= 0.3 is 0 Å². The van der Waals surface area contributed by atoms with Crippen molar-refractivity contribution >= 4 is 5.91 Å². The van der Waals surface area contributed by atoms with Crippen LogP contribution in [-0.2, 0) is 13.6 Å². The molecule has 1 N–H and O–H groups in total. The lowest BCUT2D eigenvalue weighted by Crippen LogP contribution is -2.23. The molecule has 0 fully saturated rings. The number of tetrazole rings is 1. The largest absolute Gasteiger partial charge is 0.348 e. The lowest BCUT2D eigenvalue weighted by molar-refractivity contribution is 0.0951. The van der Waals surface area contributed by atoms with Crippen LogP contribution in [0.25, 0.3) is 5.69 Å². The van der Waals surface area contributed by atoms with E-state index < -0.39 is 0 Å². The third-order valence-electron chi connectivity index (χ3n) is 4.06. The molecule has 0 spiro atoms. The van der Waals surface area contributed by atoms with Gasteiger partial charge in [0.2, 0.25) is 0 Å². The maximum absolute atomic E-state index is 12.5. The van der Waals surface area contributed by atoms with Crippen molar-refractivity contribution in [1.82, 2.24) is 35.3 Å². The number of amides is 1. The predicted molar refractivity (Wildman–Crippen MR) is 87.7 cm³/mol.